The topological polar surface area (TPSA) is 18.5 Å². The quantitative estimate of drug-likeness (QED) is 0.212. The highest BCUT2D eigenvalue weighted by molar-refractivity contribution is 6.08. The summed E-state index contributed by atoms with van der Waals surface area (Å²) >= 11 is 0. The lowest BCUT2D eigenvalue weighted by atomic mass is 9.70. The van der Waals surface area contributed by atoms with Crippen LogP contribution < -0.4 is 9.47 Å². The van der Waals surface area contributed by atoms with Crippen molar-refractivity contribution in [2.75, 3.05) is 7.11 Å². The summed E-state index contributed by atoms with van der Waals surface area (Å²) in [4.78, 5) is 0. The second-order valence-corrected chi connectivity index (χ2v) is 13.3. The van der Waals surface area contributed by atoms with Crippen LogP contribution in [0.1, 0.15) is 91.7 Å². The van der Waals surface area contributed by atoms with Crippen molar-refractivity contribution in [2.24, 2.45) is 0 Å². The van der Waals surface area contributed by atoms with Gasteiger partial charge in [0.05, 0.1) is 7.11 Å². The number of fused-ring (bicyclic) bond motifs is 10. The van der Waals surface area contributed by atoms with E-state index in [9.17, 15) is 0 Å². The van der Waals surface area contributed by atoms with Gasteiger partial charge in [-0.1, -0.05) is 131 Å². The lowest BCUT2D eigenvalue weighted by molar-refractivity contribution is 0.163. The maximum absolute atomic E-state index is 7.54. The molecule has 1 heterocycles. The Labute approximate surface area is 261 Å². The zero-order valence-electron chi connectivity index (χ0n) is 26.0. The van der Waals surface area contributed by atoms with Crippen LogP contribution in [0.4, 0.5) is 0 Å². The Hall–Kier alpha value is -4.30. The Bertz CT molecular complexity index is 1890. The molecule has 5 aromatic carbocycles. The zero-order chi connectivity index (χ0) is 29.9. The molecule has 1 saturated carbocycles. The molecule has 44 heavy (non-hydrogen) atoms. The molecule has 220 valence electrons. The predicted molar refractivity (Wildman–Crippen MR) is 182 cm³/mol. The fraction of sp³-hybridized carbons (Fsp3) is 0.286. The number of benzene rings is 5. The molecule has 1 fully saturated rings. The molecule has 0 aromatic heterocycles. The van der Waals surface area contributed by atoms with Crippen molar-refractivity contribution in [3.63, 3.8) is 0 Å². The Kier molecular flexibility index (Phi) is 6.45. The first-order valence-corrected chi connectivity index (χ1v) is 16.4. The number of rotatable bonds is 4. The van der Waals surface area contributed by atoms with Crippen LogP contribution in [0.25, 0.3) is 28.0 Å². The van der Waals surface area contributed by atoms with Crippen LogP contribution in [0, 0.1) is 0 Å². The molecule has 2 nitrogen and oxygen atoms in total. The van der Waals surface area contributed by atoms with E-state index < -0.39 is 5.60 Å². The molecule has 0 bridgehead atoms. The van der Waals surface area contributed by atoms with Gasteiger partial charge in [0.1, 0.15) is 11.5 Å². The van der Waals surface area contributed by atoms with E-state index in [1.807, 2.05) is 12.1 Å². The largest absolute Gasteiger partial charge is 0.497 e. The third-order valence-electron chi connectivity index (χ3n) is 10.6. The van der Waals surface area contributed by atoms with Crippen LogP contribution in [0.3, 0.4) is 0 Å². The van der Waals surface area contributed by atoms with Gasteiger partial charge >= 0.3 is 0 Å². The second kappa shape index (κ2) is 10.4. The Morgan fingerprint density at radius 2 is 1.34 bits per heavy atom. The third kappa shape index (κ3) is 3.93. The third-order valence-corrected chi connectivity index (χ3v) is 10.6. The molecule has 1 spiro atoms. The summed E-state index contributed by atoms with van der Waals surface area (Å²) in [5.41, 5.74) is 9.90. The second-order valence-electron chi connectivity index (χ2n) is 13.3. The van der Waals surface area contributed by atoms with Crippen molar-refractivity contribution < 1.29 is 9.47 Å². The van der Waals surface area contributed by atoms with Crippen LogP contribution in [0.2, 0.25) is 0 Å². The van der Waals surface area contributed by atoms with Crippen LogP contribution >= 0.6 is 0 Å². The number of ether oxygens (including phenoxy) is 2. The number of methoxy groups -OCH3 is 1. The maximum atomic E-state index is 7.54. The zero-order valence-corrected chi connectivity index (χ0v) is 26.0. The van der Waals surface area contributed by atoms with Gasteiger partial charge in [-0.15, -0.1) is 0 Å². The number of hydrogen-bond donors (Lipinski definition) is 0. The average molecular weight is 577 g/mol. The summed E-state index contributed by atoms with van der Waals surface area (Å²) in [6.45, 7) is 4.49. The van der Waals surface area contributed by atoms with E-state index in [1.165, 1.54) is 82.7 Å². The summed E-state index contributed by atoms with van der Waals surface area (Å²) in [6, 6.07) is 35.6. The van der Waals surface area contributed by atoms with Gasteiger partial charge in [0, 0.05) is 27.5 Å². The molecule has 0 N–H and O–H groups in total. The van der Waals surface area contributed by atoms with E-state index in [1.54, 1.807) is 7.11 Å². The van der Waals surface area contributed by atoms with Gasteiger partial charge in [-0.05, 0) is 70.2 Å². The first-order chi connectivity index (χ1) is 21.6. The minimum absolute atomic E-state index is 0.0171. The minimum Gasteiger partial charge on any atom is -0.497 e. The molecule has 5 aromatic rings. The van der Waals surface area contributed by atoms with Crippen molar-refractivity contribution in [3.05, 3.63) is 137 Å². The van der Waals surface area contributed by atoms with Crippen LogP contribution in [-0.2, 0) is 11.0 Å². The molecule has 3 aliphatic rings. The van der Waals surface area contributed by atoms with Crippen molar-refractivity contribution in [1.29, 1.82) is 0 Å². The summed E-state index contributed by atoms with van der Waals surface area (Å²) in [6.07, 6.45) is 12.3. The molecule has 0 radical (unpaired) electrons. The van der Waals surface area contributed by atoms with Crippen LogP contribution in [0.5, 0.6) is 11.5 Å². The lowest BCUT2D eigenvalue weighted by Crippen LogP contribution is -2.35. The van der Waals surface area contributed by atoms with Gasteiger partial charge in [0.15, 0.2) is 5.60 Å². The Morgan fingerprint density at radius 1 is 0.705 bits per heavy atom. The molecule has 1 aliphatic heterocycles. The first-order valence-electron chi connectivity index (χ1n) is 16.4. The molecular formula is C42H40O2. The Balaban J connectivity index is 1.41. The van der Waals surface area contributed by atoms with E-state index in [2.05, 4.69) is 111 Å². The average Bonchev–Trinajstić information content (AvgIpc) is 3.18. The SMILES string of the molecule is COc1ccc(C2(c3ccc(C(C)C)cc3)C=Cc3c4c(c5ccccc5c3O2)-c2ccccc2C42CCCCCC2)cc1. The molecule has 8 rings (SSSR count). The standard InChI is InChI=1S/C42H40O2/c1-28(2)29-16-18-30(19-17-29)42(31-20-22-32(43-3)23-21-31)27-24-36-39-38(33-12-6-7-13-34(33)40(36)44-42)35-14-8-9-15-37(35)41(39)25-10-4-5-11-26-41/h6-9,12-24,27-28H,4-5,10-11,25-26H2,1-3H3. The van der Waals surface area contributed by atoms with Crippen molar-refractivity contribution >= 4 is 16.8 Å². The van der Waals surface area contributed by atoms with Gasteiger partial charge in [-0.3, -0.25) is 0 Å². The van der Waals surface area contributed by atoms with Gasteiger partial charge in [0.25, 0.3) is 0 Å². The summed E-state index contributed by atoms with van der Waals surface area (Å²) < 4.78 is 13.1. The van der Waals surface area contributed by atoms with E-state index in [-0.39, 0.29) is 5.41 Å². The highest BCUT2D eigenvalue weighted by Gasteiger charge is 2.48. The van der Waals surface area contributed by atoms with Crippen LogP contribution in [0.15, 0.2) is 103 Å². The smallest absolute Gasteiger partial charge is 0.178 e. The van der Waals surface area contributed by atoms with Gasteiger partial charge in [-0.25, -0.2) is 0 Å². The molecule has 0 saturated heterocycles. The summed E-state index contributed by atoms with van der Waals surface area (Å²) in [5.74, 6) is 2.31. The monoisotopic (exact) mass is 576 g/mol. The molecule has 2 aliphatic carbocycles. The van der Waals surface area contributed by atoms with E-state index in [4.69, 9.17) is 9.47 Å². The van der Waals surface area contributed by atoms with Crippen LogP contribution in [-0.4, -0.2) is 7.11 Å². The van der Waals surface area contributed by atoms with Gasteiger partial charge < -0.3 is 9.47 Å². The molecule has 1 unspecified atom stereocenters. The highest BCUT2D eigenvalue weighted by atomic mass is 16.5. The summed E-state index contributed by atoms with van der Waals surface area (Å²) in [5, 5.41) is 2.48. The predicted octanol–water partition coefficient (Wildman–Crippen LogP) is 10.9. The molecule has 0 amide bonds. The number of hydrogen-bond acceptors (Lipinski definition) is 2. The van der Waals surface area contributed by atoms with Crippen molar-refractivity contribution in [1.82, 2.24) is 0 Å². The minimum atomic E-state index is -0.770. The normalized spacial score (nSPS) is 19.7. The fourth-order valence-corrected chi connectivity index (χ4v) is 8.40. The Morgan fingerprint density at radius 3 is 2.02 bits per heavy atom. The fourth-order valence-electron chi connectivity index (χ4n) is 8.40. The first kappa shape index (κ1) is 27.3. The molecule has 2 heteroatoms. The van der Waals surface area contributed by atoms with E-state index in [0.29, 0.717) is 5.92 Å². The van der Waals surface area contributed by atoms with Gasteiger partial charge in [0.2, 0.25) is 0 Å². The lowest BCUT2D eigenvalue weighted by Gasteiger charge is -2.39. The van der Waals surface area contributed by atoms with Crippen molar-refractivity contribution in [2.45, 2.75) is 69.3 Å². The maximum Gasteiger partial charge on any atom is 0.178 e. The highest BCUT2D eigenvalue weighted by Crippen LogP contribution is 2.61. The van der Waals surface area contributed by atoms with E-state index in [0.717, 1.165) is 22.6 Å². The van der Waals surface area contributed by atoms with Crippen molar-refractivity contribution in [3.8, 4) is 22.6 Å². The van der Waals surface area contributed by atoms with Gasteiger partial charge in [-0.2, -0.15) is 0 Å². The molecule has 1 atom stereocenters. The summed E-state index contributed by atoms with van der Waals surface area (Å²) in [7, 11) is 1.72. The molecular weight excluding hydrogens is 536 g/mol. The van der Waals surface area contributed by atoms with E-state index >= 15 is 0 Å².